The topological polar surface area (TPSA) is 6.48 Å². The lowest BCUT2D eigenvalue weighted by Gasteiger charge is -2.25. The molecule has 0 radical (unpaired) electrons. The summed E-state index contributed by atoms with van der Waals surface area (Å²) < 4.78 is 0. The van der Waals surface area contributed by atoms with Gasteiger partial charge in [-0.25, -0.2) is 0 Å². The van der Waals surface area contributed by atoms with Gasteiger partial charge >= 0.3 is 0 Å². The van der Waals surface area contributed by atoms with Crippen LogP contribution in [-0.4, -0.2) is 55.9 Å². The largest absolute Gasteiger partial charge is 0.309 e. The van der Waals surface area contributed by atoms with Crippen LogP contribution in [0.25, 0.3) is 0 Å². The van der Waals surface area contributed by atoms with E-state index in [0.29, 0.717) is 0 Å². The fourth-order valence-corrected chi connectivity index (χ4v) is 3.59. The summed E-state index contributed by atoms with van der Waals surface area (Å²) in [5, 5.41) is 1.18. The Kier molecular flexibility index (Phi) is 17.5. The Bertz CT molecular complexity index is 232. The lowest BCUT2D eigenvalue weighted by atomic mass is 10.0. The third-order valence-corrected chi connectivity index (χ3v) is 5.35. The Morgan fingerprint density at radius 1 is 0.609 bits per heavy atom. The van der Waals surface area contributed by atoms with E-state index in [0.717, 1.165) is 6.04 Å². The van der Waals surface area contributed by atoms with Gasteiger partial charge in [-0.3, -0.25) is 0 Å². The molecule has 0 aliphatic carbocycles. The second kappa shape index (κ2) is 17.2. The molecule has 23 heavy (non-hydrogen) atoms. The van der Waals surface area contributed by atoms with Crippen molar-refractivity contribution in [1.29, 1.82) is 0 Å². The molecule has 0 fully saturated rings. The van der Waals surface area contributed by atoms with Crippen molar-refractivity contribution in [3.8, 4) is 0 Å². The Morgan fingerprint density at radius 2 is 1.04 bits per heavy atom. The van der Waals surface area contributed by atoms with Crippen LogP contribution < -0.4 is 0 Å². The second-order valence-electron chi connectivity index (χ2n) is 7.58. The van der Waals surface area contributed by atoms with Crippen molar-refractivity contribution in [1.82, 2.24) is 9.80 Å². The zero-order valence-corrected chi connectivity index (χ0v) is 18.0. The summed E-state index contributed by atoms with van der Waals surface area (Å²) in [4.78, 5) is 4.73. The highest BCUT2D eigenvalue weighted by Gasteiger charge is 2.10. The number of nitrogens with zero attached hydrogens (tertiary/aromatic N) is 2. The van der Waals surface area contributed by atoms with E-state index in [-0.39, 0.29) is 0 Å². The first-order valence-corrected chi connectivity index (χ1v) is 11.1. The maximum atomic E-state index is 3.50. The normalized spacial score (nSPS) is 13.2. The molecule has 0 heterocycles. The Morgan fingerprint density at radius 3 is 1.48 bits per heavy atom. The van der Waals surface area contributed by atoms with Crippen LogP contribution in [0.3, 0.4) is 0 Å². The van der Waals surface area contributed by atoms with Gasteiger partial charge in [-0.15, -0.1) is 0 Å². The van der Waals surface area contributed by atoms with Crippen molar-refractivity contribution in [2.45, 2.75) is 89.5 Å². The molecule has 0 aromatic heterocycles. The van der Waals surface area contributed by atoms with E-state index in [1.165, 1.54) is 95.3 Å². The minimum Gasteiger partial charge on any atom is -0.309 e. The van der Waals surface area contributed by atoms with Crippen LogP contribution in [0.4, 0.5) is 0 Å². The summed E-state index contributed by atoms with van der Waals surface area (Å²) in [6, 6.07) is 0.782. The molecule has 140 valence electrons. The van der Waals surface area contributed by atoms with E-state index in [9.17, 15) is 0 Å². The number of hydrogen-bond acceptors (Lipinski definition) is 2. The molecular weight excluding hydrogens is 348 g/mol. The van der Waals surface area contributed by atoms with Crippen LogP contribution in [-0.2, 0) is 0 Å². The molecule has 2 nitrogen and oxygen atoms in total. The SMILES string of the molecule is CN(C)CCCC(CCCCCCCCCCCCBr)N(C)C. The van der Waals surface area contributed by atoms with Gasteiger partial charge in [-0.1, -0.05) is 73.7 Å². The average Bonchev–Trinajstić information content (AvgIpc) is 2.50. The van der Waals surface area contributed by atoms with Gasteiger partial charge in [0.1, 0.15) is 0 Å². The van der Waals surface area contributed by atoms with Crippen molar-refractivity contribution in [3.05, 3.63) is 0 Å². The zero-order valence-electron chi connectivity index (χ0n) is 16.5. The predicted molar refractivity (Wildman–Crippen MR) is 110 cm³/mol. The molecule has 0 bridgehead atoms. The van der Waals surface area contributed by atoms with Crippen molar-refractivity contribution in [2.75, 3.05) is 40.1 Å². The summed E-state index contributed by atoms with van der Waals surface area (Å²) in [6.07, 6.45) is 18.3. The summed E-state index contributed by atoms with van der Waals surface area (Å²) in [5.74, 6) is 0. The number of alkyl halides is 1. The van der Waals surface area contributed by atoms with E-state index in [1.54, 1.807) is 0 Å². The second-order valence-corrected chi connectivity index (χ2v) is 8.37. The predicted octanol–water partition coefficient (Wildman–Crippen LogP) is 5.94. The standard InChI is InChI=1S/C20H43BrN2/c1-22(2)19-15-17-20(23(3)4)16-13-11-9-7-5-6-8-10-12-14-18-21/h20H,5-19H2,1-4H3. The molecule has 0 N–H and O–H groups in total. The maximum Gasteiger partial charge on any atom is 0.00896 e. The molecular formula is C20H43BrN2. The Balaban J connectivity index is 3.42. The van der Waals surface area contributed by atoms with E-state index < -0.39 is 0 Å². The minimum atomic E-state index is 0.782. The molecule has 0 aromatic carbocycles. The summed E-state index contributed by atoms with van der Waals surface area (Å²) in [5.41, 5.74) is 0. The molecule has 1 atom stereocenters. The molecule has 0 aliphatic heterocycles. The highest BCUT2D eigenvalue weighted by atomic mass is 79.9. The molecule has 0 aromatic rings. The summed E-state index contributed by atoms with van der Waals surface area (Å²) >= 11 is 3.50. The third kappa shape index (κ3) is 17.0. The Labute approximate surface area is 155 Å². The van der Waals surface area contributed by atoms with Gasteiger partial charge in [-0.05, 0) is 60.4 Å². The first-order chi connectivity index (χ1) is 11.1. The van der Waals surface area contributed by atoms with Gasteiger partial charge in [-0.2, -0.15) is 0 Å². The minimum absolute atomic E-state index is 0.782. The van der Waals surface area contributed by atoms with E-state index in [4.69, 9.17) is 0 Å². The van der Waals surface area contributed by atoms with Gasteiger partial charge in [0, 0.05) is 11.4 Å². The quantitative estimate of drug-likeness (QED) is 0.223. The number of unbranched alkanes of at least 4 members (excludes halogenated alkanes) is 9. The van der Waals surface area contributed by atoms with E-state index >= 15 is 0 Å². The zero-order chi connectivity index (χ0) is 17.3. The number of rotatable bonds is 17. The van der Waals surface area contributed by atoms with Crippen LogP contribution in [0.15, 0.2) is 0 Å². The van der Waals surface area contributed by atoms with E-state index in [2.05, 4.69) is 53.9 Å². The molecule has 0 saturated carbocycles. The van der Waals surface area contributed by atoms with Crippen molar-refractivity contribution in [3.63, 3.8) is 0 Å². The fraction of sp³-hybridized carbons (Fsp3) is 1.00. The highest BCUT2D eigenvalue weighted by Crippen LogP contribution is 2.15. The highest BCUT2D eigenvalue weighted by molar-refractivity contribution is 9.09. The molecule has 0 spiro atoms. The van der Waals surface area contributed by atoms with Gasteiger partial charge in [0.25, 0.3) is 0 Å². The van der Waals surface area contributed by atoms with Crippen LogP contribution in [0.1, 0.15) is 83.5 Å². The lowest BCUT2D eigenvalue weighted by molar-refractivity contribution is 0.244. The van der Waals surface area contributed by atoms with Gasteiger partial charge in [0.2, 0.25) is 0 Å². The molecule has 1 unspecified atom stereocenters. The monoisotopic (exact) mass is 390 g/mol. The lowest BCUT2D eigenvalue weighted by Crippen LogP contribution is -2.29. The van der Waals surface area contributed by atoms with Gasteiger partial charge in [0.15, 0.2) is 0 Å². The van der Waals surface area contributed by atoms with Gasteiger partial charge < -0.3 is 9.80 Å². The summed E-state index contributed by atoms with van der Waals surface area (Å²) in [6.45, 7) is 1.22. The van der Waals surface area contributed by atoms with Crippen molar-refractivity contribution < 1.29 is 0 Å². The number of hydrogen-bond donors (Lipinski definition) is 0. The Hall–Kier alpha value is 0.400. The van der Waals surface area contributed by atoms with Crippen molar-refractivity contribution >= 4 is 15.9 Å². The van der Waals surface area contributed by atoms with Crippen LogP contribution in [0.2, 0.25) is 0 Å². The maximum absolute atomic E-state index is 3.50. The summed E-state index contributed by atoms with van der Waals surface area (Å²) in [7, 11) is 8.84. The van der Waals surface area contributed by atoms with Crippen LogP contribution >= 0.6 is 15.9 Å². The van der Waals surface area contributed by atoms with Crippen LogP contribution in [0.5, 0.6) is 0 Å². The fourth-order valence-electron chi connectivity index (χ4n) is 3.19. The molecule has 0 amide bonds. The van der Waals surface area contributed by atoms with E-state index in [1.807, 2.05) is 0 Å². The first-order valence-electron chi connectivity index (χ1n) is 9.95. The molecule has 0 rings (SSSR count). The first kappa shape index (κ1) is 23.4. The molecule has 0 aliphatic rings. The number of halogens is 1. The molecule has 0 saturated heterocycles. The van der Waals surface area contributed by atoms with Crippen LogP contribution in [0, 0.1) is 0 Å². The van der Waals surface area contributed by atoms with Crippen molar-refractivity contribution in [2.24, 2.45) is 0 Å². The average molecular weight is 391 g/mol. The molecule has 3 heteroatoms. The third-order valence-electron chi connectivity index (χ3n) is 4.79. The smallest absolute Gasteiger partial charge is 0.00896 e. The van der Waals surface area contributed by atoms with Gasteiger partial charge in [0.05, 0.1) is 0 Å².